The average molecular weight is 618 g/mol. The van der Waals surface area contributed by atoms with Gasteiger partial charge in [0.1, 0.15) is 5.75 Å². The van der Waals surface area contributed by atoms with Crippen molar-refractivity contribution in [3.05, 3.63) is 144 Å². The normalized spacial score (nSPS) is 14.6. The van der Waals surface area contributed by atoms with Gasteiger partial charge >= 0.3 is 0 Å². The number of rotatable bonds is 7. The molecular weight excluding hydrogens is 588 g/mol. The van der Waals surface area contributed by atoms with Crippen LogP contribution in [0.3, 0.4) is 0 Å². The number of nitrogens with one attached hydrogen (secondary N) is 1. The Labute approximate surface area is 262 Å². The summed E-state index contributed by atoms with van der Waals surface area (Å²) in [5.41, 5.74) is 5.24. The number of anilines is 1. The van der Waals surface area contributed by atoms with Crippen molar-refractivity contribution in [1.82, 2.24) is 9.13 Å². The summed E-state index contributed by atoms with van der Waals surface area (Å²) in [5, 5.41) is 14.4. The SMILES string of the molecule is COc1ccc([C@H]2C(C(=O)Nc3ccccc3)=C(C)N=c3s/c(=C/c4cc(C)n(-c5cccc(C(=O)[O-])c5)c4C)c(=O)n32)cc1. The lowest BCUT2D eigenvalue weighted by atomic mass is 9.95. The first-order valence-electron chi connectivity index (χ1n) is 14.2. The highest BCUT2D eigenvalue weighted by Crippen LogP contribution is 2.32. The number of ether oxygens (including phenoxy) is 1. The summed E-state index contributed by atoms with van der Waals surface area (Å²) in [4.78, 5) is 44.6. The van der Waals surface area contributed by atoms with Gasteiger partial charge in [0, 0.05) is 22.8 Å². The van der Waals surface area contributed by atoms with Crippen molar-refractivity contribution in [2.75, 3.05) is 12.4 Å². The Morgan fingerprint density at radius 3 is 2.40 bits per heavy atom. The standard InChI is InChI=1S/C35H30N4O5S/c1-20-17-25(22(3)38(20)27-12-8-9-24(18-27)34(42)43)19-29-33(41)39-31(23-13-15-28(44-4)16-14-23)30(21(2)36-35(39)45-29)32(40)37-26-10-6-5-7-11-26/h5-19,31H,1-4H3,(H,37,40)(H,42,43)/p-1/b29-19+/t31-/m0/s1. The third kappa shape index (κ3) is 5.51. The van der Waals surface area contributed by atoms with Crippen LogP contribution in [0.1, 0.15) is 45.8 Å². The number of carbonyl (C=O) groups excluding carboxylic acids is 2. The Morgan fingerprint density at radius 2 is 1.71 bits per heavy atom. The summed E-state index contributed by atoms with van der Waals surface area (Å²) in [6.45, 7) is 5.61. The molecule has 9 nitrogen and oxygen atoms in total. The van der Waals surface area contributed by atoms with Crippen molar-refractivity contribution >= 4 is 35.0 Å². The number of aromatic carboxylic acids is 1. The van der Waals surface area contributed by atoms with Crippen LogP contribution in [0.5, 0.6) is 5.75 Å². The van der Waals surface area contributed by atoms with E-state index >= 15 is 0 Å². The van der Waals surface area contributed by atoms with Crippen molar-refractivity contribution in [2.45, 2.75) is 26.8 Å². The van der Waals surface area contributed by atoms with Crippen molar-refractivity contribution in [3.8, 4) is 11.4 Å². The molecule has 1 aliphatic heterocycles. The fraction of sp³-hybridized carbons (Fsp3) is 0.143. The molecule has 2 aromatic heterocycles. The van der Waals surface area contributed by atoms with Crippen molar-refractivity contribution < 1.29 is 19.4 Å². The first kappa shape index (κ1) is 29.6. The number of allylic oxidation sites excluding steroid dienone is 1. The number of thiazole rings is 1. The number of benzene rings is 3. The molecule has 45 heavy (non-hydrogen) atoms. The van der Waals surface area contributed by atoms with E-state index in [0.717, 1.165) is 22.5 Å². The van der Waals surface area contributed by atoms with Crippen LogP contribution < -0.4 is 30.1 Å². The fourth-order valence-corrected chi connectivity index (χ4v) is 6.72. The molecule has 1 N–H and O–H groups in total. The van der Waals surface area contributed by atoms with Crippen LogP contribution in [0.4, 0.5) is 5.69 Å². The molecule has 0 aliphatic carbocycles. The molecule has 1 amide bonds. The number of methoxy groups -OCH3 is 1. The van der Waals surface area contributed by atoms with E-state index in [9.17, 15) is 19.5 Å². The van der Waals surface area contributed by atoms with E-state index in [1.807, 2.05) is 67.0 Å². The van der Waals surface area contributed by atoms with Crippen molar-refractivity contribution in [3.63, 3.8) is 0 Å². The maximum Gasteiger partial charge on any atom is 0.271 e. The molecule has 0 saturated carbocycles. The van der Waals surface area contributed by atoms with Gasteiger partial charge in [-0.3, -0.25) is 14.2 Å². The number of carboxylic acids is 1. The quantitative estimate of drug-likeness (QED) is 0.299. The average Bonchev–Trinajstić information content (AvgIpc) is 3.49. The summed E-state index contributed by atoms with van der Waals surface area (Å²) in [7, 11) is 1.58. The number of hydrogen-bond acceptors (Lipinski definition) is 7. The number of amides is 1. The Hall–Kier alpha value is -5.48. The van der Waals surface area contributed by atoms with Crippen LogP contribution in [-0.4, -0.2) is 28.1 Å². The molecule has 3 heterocycles. The minimum Gasteiger partial charge on any atom is -0.545 e. The Balaban J connectivity index is 1.48. The lowest BCUT2D eigenvalue weighted by Crippen LogP contribution is -2.40. The Morgan fingerprint density at radius 1 is 0.978 bits per heavy atom. The summed E-state index contributed by atoms with van der Waals surface area (Å²) < 4.78 is 9.32. The zero-order valence-corrected chi connectivity index (χ0v) is 25.8. The van der Waals surface area contributed by atoms with Crippen LogP contribution in [0, 0.1) is 13.8 Å². The second-order valence-electron chi connectivity index (χ2n) is 10.7. The van der Waals surface area contributed by atoms with E-state index in [2.05, 4.69) is 5.32 Å². The molecule has 3 aromatic carbocycles. The van der Waals surface area contributed by atoms with Gasteiger partial charge in [-0.1, -0.05) is 53.8 Å². The topological polar surface area (TPSA) is 118 Å². The lowest BCUT2D eigenvalue weighted by molar-refractivity contribution is -0.255. The molecule has 1 atom stereocenters. The number of hydrogen-bond donors (Lipinski definition) is 1. The van der Waals surface area contributed by atoms with Crippen LogP contribution in [0.25, 0.3) is 11.8 Å². The van der Waals surface area contributed by atoms with E-state index < -0.39 is 12.0 Å². The van der Waals surface area contributed by atoms with E-state index in [-0.39, 0.29) is 17.0 Å². The van der Waals surface area contributed by atoms with Crippen molar-refractivity contribution in [1.29, 1.82) is 0 Å². The van der Waals surface area contributed by atoms with Crippen LogP contribution >= 0.6 is 11.3 Å². The highest BCUT2D eigenvalue weighted by Gasteiger charge is 2.32. The fourth-order valence-electron chi connectivity index (χ4n) is 5.68. The number of para-hydroxylation sites is 1. The second-order valence-corrected chi connectivity index (χ2v) is 11.7. The molecular formula is C35H29N4O5S-. The first-order valence-corrected chi connectivity index (χ1v) is 15.0. The molecule has 226 valence electrons. The largest absolute Gasteiger partial charge is 0.545 e. The Kier molecular flexibility index (Phi) is 7.82. The smallest absolute Gasteiger partial charge is 0.271 e. The third-order valence-corrected chi connectivity index (χ3v) is 8.81. The lowest BCUT2D eigenvalue weighted by Gasteiger charge is -2.25. The van der Waals surface area contributed by atoms with Gasteiger partial charge in [0.2, 0.25) is 0 Å². The number of aromatic nitrogens is 2. The second kappa shape index (κ2) is 11.9. The molecule has 10 heteroatoms. The maximum absolute atomic E-state index is 14.2. The number of carboxylic acid groups (broad SMARTS) is 1. The molecule has 0 unspecified atom stereocenters. The van der Waals surface area contributed by atoms with Gasteiger partial charge in [-0.25, -0.2) is 4.99 Å². The van der Waals surface area contributed by atoms with Crippen LogP contribution in [-0.2, 0) is 4.79 Å². The molecule has 1 aliphatic rings. The summed E-state index contributed by atoms with van der Waals surface area (Å²) in [5.74, 6) is -0.943. The number of aryl methyl sites for hydroxylation is 1. The number of carbonyl (C=O) groups is 2. The predicted octanol–water partition coefficient (Wildman–Crippen LogP) is 3.65. The number of fused-ring (bicyclic) bond motifs is 1. The van der Waals surface area contributed by atoms with Crippen LogP contribution in [0.2, 0.25) is 0 Å². The van der Waals surface area contributed by atoms with Gasteiger partial charge < -0.3 is 24.5 Å². The Bertz CT molecular complexity index is 2170. The third-order valence-electron chi connectivity index (χ3n) is 7.83. The van der Waals surface area contributed by atoms with Gasteiger partial charge in [-0.05, 0) is 86.0 Å². The zero-order valence-electron chi connectivity index (χ0n) is 25.0. The molecule has 6 rings (SSSR count). The van der Waals surface area contributed by atoms with E-state index in [1.54, 1.807) is 55.0 Å². The minimum absolute atomic E-state index is 0.0795. The van der Waals surface area contributed by atoms with Crippen LogP contribution in [0.15, 0.2) is 106 Å². The molecule has 0 bridgehead atoms. The van der Waals surface area contributed by atoms with Gasteiger partial charge in [-0.15, -0.1) is 0 Å². The summed E-state index contributed by atoms with van der Waals surface area (Å²) in [6, 6.07) is 24.2. The highest BCUT2D eigenvalue weighted by atomic mass is 32.1. The predicted molar refractivity (Wildman–Crippen MR) is 171 cm³/mol. The zero-order chi connectivity index (χ0) is 31.8. The molecule has 0 radical (unpaired) electrons. The van der Waals surface area contributed by atoms with E-state index in [4.69, 9.17) is 9.73 Å². The molecule has 0 fully saturated rings. The first-order chi connectivity index (χ1) is 21.7. The highest BCUT2D eigenvalue weighted by molar-refractivity contribution is 7.07. The van der Waals surface area contributed by atoms with Gasteiger partial charge in [0.05, 0.1) is 34.9 Å². The molecule has 0 saturated heterocycles. The van der Waals surface area contributed by atoms with Gasteiger partial charge in [-0.2, -0.15) is 0 Å². The summed E-state index contributed by atoms with van der Waals surface area (Å²) in [6.07, 6.45) is 1.82. The molecule has 5 aromatic rings. The van der Waals surface area contributed by atoms with Gasteiger partial charge in [0.15, 0.2) is 4.80 Å². The van der Waals surface area contributed by atoms with Gasteiger partial charge in [0.25, 0.3) is 11.5 Å². The van der Waals surface area contributed by atoms with E-state index in [0.29, 0.717) is 37.7 Å². The van der Waals surface area contributed by atoms with Crippen molar-refractivity contribution in [2.24, 2.45) is 4.99 Å². The monoisotopic (exact) mass is 617 g/mol. The van der Waals surface area contributed by atoms with E-state index in [1.165, 1.54) is 17.4 Å². The number of nitrogens with zero attached hydrogens (tertiary/aromatic N) is 3. The summed E-state index contributed by atoms with van der Waals surface area (Å²) >= 11 is 1.25. The molecule has 0 spiro atoms. The minimum atomic E-state index is -1.25. The maximum atomic E-state index is 14.2.